The summed E-state index contributed by atoms with van der Waals surface area (Å²) in [4.78, 5) is 4.26. The predicted molar refractivity (Wildman–Crippen MR) is 87.6 cm³/mol. The Bertz CT molecular complexity index is 586. The molecule has 1 heterocycles. The van der Waals surface area contributed by atoms with Gasteiger partial charge in [-0.3, -0.25) is 0 Å². The Balaban J connectivity index is 1.91. The van der Waals surface area contributed by atoms with Gasteiger partial charge in [0, 0.05) is 23.5 Å². The standard InChI is InChI=1S/C18H23ClN2/c1-13(14-4-6-15(19)7-5-14)16-8-9-18(2,3)17(16)21-11-10-20-12-21/h4-7,10-13,16-17H,8-9H2,1-3H3. The molecule has 21 heavy (non-hydrogen) atoms. The van der Waals surface area contributed by atoms with E-state index < -0.39 is 0 Å². The predicted octanol–water partition coefficient (Wildman–Crippen LogP) is 5.32. The third-order valence-corrected chi connectivity index (χ3v) is 5.46. The smallest absolute Gasteiger partial charge is 0.0948 e. The number of rotatable bonds is 3. The maximum atomic E-state index is 6.02. The van der Waals surface area contributed by atoms with Crippen molar-refractivity contribution in [3.63, 3.8) is 0 Å². The van der Waals surface area contributed by atoms with Crippen LogP contribution in [0.3, 0.4) is 0 Å². The van der Waals surface area contributed by atoms with E-state index in [2.05, 4.69) is 48.7 Å². The molecular weight excluding hydrogens is 280 g/mol. The largest absolute Gasteiger partial charge is 0.334 e. The van der Waals surface area contributed by atoms with Crippen molar-refractivity contribution < 1.29 is 0 Å². The van der Waals surface area contributed by atoms with Crippen LogP contribution in [0.1, 0.15) is 51.1 Å². The van der Waals surface area contributed by atoms with Crippen LogP contribution in [0.25, 0.3) is 0 Å². The van der Waals surface area contributed by atoms with Crippen molar-refractivity contribution in [1.29, 1.82) is 0 Å². The van der Waals surface area contributed by atoms with Crippen LogP contribution in [0, 0.1) is 11.3 Å². The van der Waals surface area contributed by atoms with E-state index in [-0.39, 0.29) is 0 Å². The van der Waals surface area contributed by atoms with Gasteiger partial charge in [-0.2, -0.15) is 0 Å². The fourth-order valence-electron chi connectivity index (χ4n) is 4.02. The van der Waals surface area contributed by atoms with Crippen LogP contribution in [0.4, 0.5) is 0 Å². The minimum absolute atomic E-state index is 0.312. The van der Waals surface area contributed by atoms with Gasteiger partial charge >= 0.3 is 0 Å². The maximum absolute atomic E-state index is 6.02. The topological polar surface area (TPSA) is 17.8 Å². The molecule has 1 aromatic heterocycles. The molecule has 2 aromatic rings. The van der Waals surface area contributed by atoms with Crippen LogP contribution in [-0.2, 0) is 0 Å². The van der Waals surface area contributed by atoms with Crippen molar-refractivity contribution >= 4 is 11.6 Å². The van der Waals surface area contributed by atoms with Gasteiger partial charge in [0.05, 0.1) is 6.33 Å². The van der Waals surface area contributed by atoms with E-state index in [1.807, 2.05) is 24.7 Å². The second-order valence-electron chi connectivity index (χ2n) is 6.99. The molecule has 3 unspecified atom stereocenters. The molecule has 0 aliphatic heterocycles. The highest BCUT2D eigenvalue weighted by Gasteiger charge is 2.45. The van der Waals surface area contributed by atoms with Gasteiger partial charge in [0.2, 0.25) is 0 Å². The summed E-state index contributed by atoms with van der Waals surface area (Å²) in [6.07, 6.45) is 8.50. The molecule has 3 rings (SSSR count). The van der Waals surface area contributed by atoms with Gasteiger partial charge in [0.25, 0.3) is 0 Å². The third-order valence-electron chi connectivity index (χ3n) is 5.21. The summed E-state index contributed by atoms with van der Waals surface area (Å²) in [5, 5.41) is 0.809. The van der Waals surface area contributed by atoms with Crippen molar-refractivity contribution in [2.45, 2.75) is 45.6 Å². The van der Waals surface area contributed by atoms with Gasteiger partial charge in [-0.1, -0.05) is 44.5 Å². The fourth-order valence-corrected chi connectivity index (χ4v) is 4.15. The van der Waals surface area contributed by atoms with E-state index in [4.69, 9.17) is 11.6 Å². The Kier molecular flexibility index (Phi) is 3.83. The molecule has 1 fully saturated rings. The molecule has 1 aliphatic carbocycles. The molecule has 3 atom stereocenters. The first kappa shape index (κ1) is 14.6. The average Bonchev–Trinajstić information content (AvgIpc) is 3.05. The number of aromatic nitrogens is 2. The average molecular weight is 303 g/mol. The Morgan fingerprint density at radius 3 is 2.62 bits per heavy atom. The monoisotopic (exact) mass is 302 g/mol. The van der Waals surface area contributed by atoms with Crippen LogP contribution >= 0.6 is 11.6 Å². The lowest BCUT2D eigenvalue weighted by atomic mass is 9.78. The number of hydrogen-bond donors (Lipinski definition) is 0. The molecule has 0 amide bonds. The first-order valence-electron chi connectivity index (χ1n) is 7.72. The first-order valence-corrected chi connectivity index (χ1v) is 8.10. The zero-order valence-corrected chi connectivity index (χ0v) is 13.7. The van der Waals surface area contributed by atoms with E-state index in [9.17, 15) is 0 Å². The van der Waals surface area contributed by atoms with Crippen molar-refractivity contribution in [3.8, 4) is 0 Å². The lowest BCUT2D eigenvalue weighted by Gasteiger charge is -2.34. The zero-order chi connectivity index (χ0) is 15.0. The van der Waals surface area contributed by atoms with E-state index in [0.717, 1.165) is 5.02 Å². The van der Waals surface area contributed by atoms with Crippen molar-refractivity contribution in [2.24, 2.45) is 11.3 Å². The van der Waals surface area contributed by atoms with Gasteiger partial charge in [-0.15, -0.1) is 0 Å². The molecule has 0 N–H and O–H groups in total. The van der Waals surface area contributed by atoms with Gasteiger partial charge in [0.15, 0.2) is 0 Å². The highest BCUT2D eigenvalue weighted by Crippen LogP contribution is 2.54. The Labute approximate surface area is 132 Å². The van der Waals surface area contributed by atoms with Gasteiger partial charge in [-0.05, 0) is 47.8 Å². The summed E-state index contributed by atoms with van der Waals surface area (Å²) in [5.41, 5.74) is 1.69. The number of halogens is 1. The molecule has 3 heteroatoms. The highest BCUT2D eigenvalue weighted by molar-refractivity contribution is 6.30. The Hall–Kier alpha value is -1.28. The lowest BCUT2D eigenvalue weighted by molar-refractivity contribution is 0.205. The quantitative estimate of drug-likeness (QED) is 0.750. The zero-order valence-electron chi connectivity index (χ0n) is 13.0. The van der Waals surface area contributed by atoms with E-state index in [0.29, 0.717) is 23.3 Å². The summed E-state index contributed by atoms with van der Waals surface area (Å²) in [7, 11) is 0. The fraction of sp³-hybridized carbons (Fsp3) is 0.500. The minimum Gasteiger partial charge on any atom is -0.334 e. The summed E-state index contributed by atoms with van der Waals surface area (Å²) in [6.45, 7) is 7.11. The molecule has 112 valence electrons. The van der Waals surface area contributed by atoms with E-state index >= 15 is 0 Å². The van der Waals surface area contributed by atoms with Crippen molar-refractivity contribution in [3.05, 3.63) is 53.6 Å². The molecule has 1 aromatic carbocycles. The van der Waals surface area contributed by atoms with Crippen LogP contribution in [0.5, 0.6) is 0 Å². The number of hydrogen-bond acceptors (Lipinski definition) is 1. The van der Waals surface area contributed by atoms with E-state index in [1.54, 1.807) is 0 Å². The van der Waals surface area contributed by atoms with Gasteiger partial charge < -0.3 is 4.57 Å². The second-order valence-corrected chi connectivity index (χ2v) is 7.42. The highest BCUT2D eigenvalue weighted by atomic mass is 35.5. The number of imidazole rings is 1. The van der Waals surface area contributed by atoms with Crippen LogP contribution in [-0.4, -0.2) is 9.55 Å². The Morgan fingerprint density at radius 2 is 2.00 bits per heavy atom. The molecule has 2 nitrogen and oxygen atoms in total. The summed E-state index contributed by atoms with van der Waals surface area (Å²) >= 11 is 6.02. The van der Waals surface area contributed by atoms with E-state index in [1.165, 1.54) is 18.4 Å². The molecule has 1 aliphatic rings. The molecule has 1 saturated carbocycles. The third kappa shape index (κ3) is 2.74. The summed E-state index contributed by atoms with van der Waals surface area (Å²) < 4.78 is 2.31. The van der Waals surface area contributed by atoms with Crippen LogP contribution in [0.15, 0.2) is 43.0 Å². The lowest BCUT2D eigenvalue weighted by Crippen LogP contribution is -2.27. The summed E-state index contributed by atoms with van der Waals surface area (Å²) in [5.74, 6) is 1.16. The molecule has 0 radical (unpaired) electrons. The minimum atomic E-state index is 0.312. The first-order chi connectivity index (χ1) is 9.99. The molecule has 0 spiro atoms. The Morgan fingerprint density at radius 1 is 1.29 bits per heavy atom. The second kappa shape index (κ2) is 5.49. The van der Waals surface area contributed by atoms with Crippen molar-refractivity contribution in [1.82, 2.24) is 9.55 Å². The van der Waals surface area contributed by atoms with Crippen molar-refractivity contribution in [2.75, 3.05) is 0 Å². The van der Waals surface area contributed by atoms with Gasteiger partial charge in [0.1, 0.15) is 0 Å². The molecular formula is C18H23ClN2. The normalized spacial score (nSPS) is 25.9. The van der Waals surface area contributed by atoms with Crippen LogP contribution < -0.4 is 0 Å². The van der Waals surface area contributed by atoms with Crippen LogP contribution in [0.2, 0.25) is 5.02 Å². The SMILES string of the molecule is CC(c1ccc(Cl)cc1)C1CCC(C)(C)C1n1ccnc1. The maximum Gasteiger partial charge on any atom is 0.0948 e. The number of benzene rings is 1. The molecule has 0 bridgehead atoms. The molecule has 0 saturated heterocycles. The van der Waals surface area contributed by atoms with Gasteiger partial charge in [-0.25, -0.2) is 4.98 Å². The summed E-state index contributed by atoms with van der Waals surface area (Å²) in [6, 6.07) is 8.84. The number of nitrogens with zero attached hydrogens (tertiary/aromatic N) is 2.